The minimum absolute atomic E-state index is 0.192. The highest BCUT2D eigenvalue weighted by Crippen LogP contribution is 2.13. The molecule has 1 atom stereocenters. The molecule has 0 amide bonds. The van der Waals surface area contributed by atoms with Crippen molar-refractivity contribution in [1.29, 1.82) is 0 Å². The third-order valence-corrected chi connectivity index (χ3v) is 3.58. The van der Waals surface area contributed by atoms with Gasteiger partial charge in [-0.25, -0.2) is 8.42 Å². The topological polar surface area (TPSA) is 59.2 Å². The van der Waals surface area contributed by atoms with E-state index in [-0.39, 0.29) is 5.03 Å². The van der Waals surface area contributed by atoms with Gasteiger partial charge in [0.05, 0.1) is 0 Å². The van der Waals surface area contributed by atoms with Gasteiger partial charge in [0, 0.05) is 13.3 Å². The number of H-pyrrole nitrogens is 1. The summed E-state index contributed by atoms with van der Waals surface area (Å²) in [6.45, 7) is 1.50. The van der Waals surface area contributed by atoms with Crippen LogP contribution in [-0.4, -0.2) is 25.9 Å². The summed E-state index contributed by atoms with van der Waals surface area (Å²) in [5, 5.41) is 0.192. The van der Waals surface area contributed by atoms with Crippen molar-refractivity contribution >= 4 is 9.84 Å². The van der Waals surface area contributed by atoms with Crippen molar-refractivity contribution in [3.63, 3.8) is 0 Å². The molecular weight excluding hydrogens is 178 g/mol. The summed E-state index contributed by atoms with van der Waals surface area (Å²) < 4.78 is 27.7. The van der Waals surface area contributed by atoms with Crippen LogP contribution in [0.4, 0.5) is 0 Å². The summed E-state index contributed by atoms with van der Waals surface area (Å²) in [5.74, 6) is 0. The molecule has 12 heavy (non-hydrogen) atoms. The van der Waals surface area contributed by atoms with Crippen molar-refractivity contribution in [3.8, 4) is 0 Å². The number of methoxy groups -OCH3 is 1. The number of sulfone groups is 1. The van der Waals surface area contributed by atoms with Gasteiger partial charge in [0.25, 0.3) is 0 Å². The Hall–Kier alpha value is -0.810. The van der Waals surface area contributed by atoms with Gasteiger partial charge in [-0.15, -0.1) is 0 Å². The van der Waals surface area contributed by atoms with Gasteiger partial charge >= 0.3 is 0 Å². The highest BCUT2D eigenvalue weighted by atomic mass is 32.2. The molecule has 0 spiro atoms. The first-order chi connectivity index (χ1) is 5.59. The van der Waals surface area contributed by atoms with Gasteiger partial charge in [-0.05, 0) is 19.1 Å². The second-order valence-electron chi connectivity index (χ2n) is 2.38. The second kappa shape index (κ2) is 3.28. The first kappa shape index (κ1) is 9.28. The van der Waals surface area contributed by atoms with Crippen molar-refractivity contribution in [2.75, 3.05) is 7.11 Å². The van der Waals surface area contributed by atoms with E-state index in [1.54, 1.807) is 12.3 Å². The number of aromatic nitrogens is 1. The molecule has 1 heterocycles. The highest BCUT2D eigenvalue weighted by molar-refractivity contribution is 7.91. The van der Waals surface area contributed by atoms with Gasteiger partial charge in [-0.1, -0.05) is 0 Å². The molecule has 0 saturated heterocycles. The SMILES string of the molecule is COC(C)S(=O)(=O)c1ccc[nH]1. The Bertz CT molecular complexity index is 328. The van der Waals surface area contributed by atoms with Gasteiger partial charge in [0.2, 0.25) is 9.84 Å². The minimum Gasteiger partial charge on any atom is -0.365 e. The molecule has 1 unspecified atom stereocenters. The van der Waals surface area contributed by atoms with E-state index in [9.17, 15) is 8.42 Å². The first-order valence-corrected chi connectivity index (χ1v) is 5.03. The average molecular weight is 189 g/mol. The van der Waals surface area contributed by atoms with E-state index in [1.807, 2.05) is 0 Å². The van der Waals surface area contributed by atoms with E-state index in [0.29, 0.717) is 0 Å². The van der Waals surface area contributed by atoms with Crippen LogP contribution in [-0.2, 0) is 14.6 Å². The second-order valence-corrected chi connectivity index (χ2v) is 4.58. The normalized spacial score (nSPS) is 14.5. The standard InChI is InChI=1S/C7H11NO3S/c1-6(11-2)12(9,10)7-4-3-5-8-7/h3-6,8H,1-2H3. The van der Waals surface area contributed by atoms with Gasteiger partial charge in [0.1, 0.15) is 5.03 Å². The molecule has 0 saturated carbocycles. The number of nitrogens with one attached hydrogen (secondary N) is 1. The molecule has 1 N–H and O–H groups in total. The van der Waals surface area contributed by atoms with Crippen LogP contribution in [0.1, 0.15) is 6.92 Å². The number of hydrogen-bond donors (Lipinski definition) is 1. The van der Waals surface area contributed by atoms with E-state index >= 15 is 0 Å². The molecule has 5 heteroatoms. The maximum Gasteiger partial charge on any atom is 0.220 e. The van der Waals surface area contributed by atoms with Gasteiger partial charge in [-0.2, -0.15) is 0 Å². The van der Waals surface area contributed by atoms with Crippen molar-refractivity contribution in [2.24, 2.45) is 0 Å². The Balaban J connectivity index is 3.03. The summed E-state index contributed by atoms with van der Waals surface area (Å²) >= 11 is 0. The minimum atomic E-state index is -3.32. The molecule has 1 aromatic heterocycles. The Morgan fingerprint density at radius 1 is 1.58 bits per heavy atom. The number of ether oxygens (including phenoxy) is 1. The quantitative estimate of drug-likeness (QED) is 0.764. The molecule has 1 rings (SSSR count). The number of aromatic amines is 1. The maximum absolute atomic E-state index is 11.5. The third kappa shape index (κ3) is 1.51. The van der Waals surface area contributed by atoms with E-state index in [0.717, 1.165) is 0 Å². The predicted octanol–water partition coefficient (Wildman–Crippen LogP) is 0.781. The monoisotopic (exact) mass is 189 g/mol. The zero-order valence-electron chi connectivity index (χ0n) is 6.94. The number of hydrogen-bond acceptors (Lipinski definition) is 3. The zero-order valence-corrected chi connectivity index (χ0v) is 7.76. The van der Waals surface area contributed by atoms with Crippen LogP contribution in [0.3, 0.4) is 0 Å². The predicted molar refractivity (Wildman–Crippen MR) is 44.4 cm³/mol. The van der Waals surface area contributed by atoms with E-state index in [2.05, 4.69) is 4.98 Å². The lowest BCUT2D eigenvalue weighted by atomic mass is 10.7. The zero-order chi connectivity index (χ0) is 9.19. The van der Waals surface area contributed by atoms with Crippen LogP contribution in [0, 0.1) is 0 Å². The fourth-order valence-corrected chi connectivity index (χ4v) is 1.91. The van der Waals surface area contributed by atoms with Crippen LogP contribution in [0.5, 0.6) is 0 Å². The van der Waals surface area contributed by atoms with Gasteiger partial charge in [-0.3, -0.25) is 0 Å². The van der Waals surface area contributed by atoms with Crippen LogP contribution in [0.15, 0.2) is 23.4 Å². The summed E-state index contributed by atoms with van der Waals surface area (Å²) in [6.07, 6.45) is 1.56. The largest absolute Gasteiger partial charge is 0.365 e. The van der Waals surface area contributed by atoms with Gasteiger partial charge < -0.3 is 9.72 Å². The van der Waals surface area contributed by atoms with Crippen molar-refractivity contribution in [3.05, 3.63) is 18.3 Å². The van der Waals surface area contributed by atoms with E-state index in [4.69, 9.17) is 4.74 Å². The van der Waals surface area contributed by atoms with Crippen LogP contribution >= 0.6 is 0 Å². The van der Waals surface area contributed by atoms with E-state index in [1.165, 1.54) is 20.1 Å². The first-order valence-electron chi connectivity index (χ1n) is 3.49. The lowest BCUT2D eigenvalue weighted by Crippen LogP contribution is -2.19. The fourth-order valence-electron chi connectivity index (χ4n) is 0.796. The maximum atomic E-state index is 11.5. The fraction of sp³-hybridized carbons (Fsp3) is 0.429. The summed E-state index contributed by atoms with van der Waals surface area (Å²) in [4.78, 5) is 2.62. The average Bonchev–Trinajstić information content (AvgIpc) is 2.55. The molecule has 68 valence electrons. The molecule has 0 fully saturated rings. The van der Waals surface area contributed by atoms with Crippen molar-refractivity contribution in [2.45, 2.75) is 17.4 Å². The van der Waals surface area contributed by atoms with Crippen molar-refractivity contribution in [1.82, 2.24) is 4.98 Å². The molecule has 1 aromatic rings. The molecule has 0 radical (unpaired) electrons. The highest BCUT2D eigenvalue weighted by Gasteiger charge is 2.23. The lowest BCUT2D eigenvalue weighted by Gasteiger charge is -2.08. The Morgan fingerprint density at radius 3 is 2.67 bits per heavy atom. The molecule has 0 aromatic carbocycles. The van der Waals surface area contributed by atoms with Crippen LogP contribution < -0.4 is 0 Å². The summed E-state index contributed by atoms with van der Waals surface area (Å²) in [5.41, 5.74) is -0.809. The Morgan fingerprint density at radius 2 is 2.25 bits per heavy atom. The van der Waals surface area contributed by atoms with Crippen molar-refractivity contribution < 1.29 is 13.2 Å². The summed E-state index contributed by atoms with van der Waals surface area (Å²) in [7, 11) is -1.96. The lowest BCUT2D eigenvalue weighted by molar-refractivity contribution is 0.178. The molecule has 0 bridgehead atoms. The Labute approximate surface area is 71.5 Å². The summed E-state index contributed by atoms with van der Waals surface area (Å²) in [6, 6.07) is 3.14. The number of rotatable bonds is 3. The molecule has 4 nitrogen and oxygen atoms in total. The van der Waals surface area contributed by atoms with Crippen LogP contribution in [0.25, 0.3) is 0 Å². The van der Waals surface area contributed by atoms with E-state index < -0.39 is 15.3 Å². The Kier molecular flexibility index (Phi) is 2.54. The van der Waals surface area contributed by atoms with Gasteiger partial charge in [0.15, 0.2) is 5.44 Å². The third-order valence-electron chi connectivity index (χ3n) is 1.64. The molecular formula is C7H11NO3S. The van der Waals surface area contributed by atoms with Crippen LogP contribution in [0.2, 0.25) is 0 Å². The molecule has 0 aliphatic carbocycles. The molecule has 0 aliphatic rings. The smallest absolute Gasteiger partial charge is 0.220 e. The molecule has 0 aliphatic heterocycles.